The van der Waals surface area contributed by atoms with Crippen LogP contribution in [0.2, 0.25) is 0 Å². The molecule has 112 valence electrons. The zero-order valence-corrected chi connectivity index (χ0v) is 12.6. The van der Waals surface area contributed by atoms with E-state index in [4.69, 9.17) is 9.26 Å². The predicted octanol–water partition coefficient (Wildman–Crippen LogP) is 2.55. The van der Waals surface area contributed by atoms with Crippen LogP contribution < -0.4 is 10.1 Å². The summed E-state index contributed by atoms with van der Waals surface area (Å²) < 4.78 is 10.2. The molecule has 0 radical (unpaired) electrons. The molecule has 2 rings (SSSR count). The van der Waals surface area contributed by atoms with Gasteiger partial charge in [-0.1, -0.05) is 17.3 Å². The van der Waals surface area contributed by atoms with Crippen molar-refractivity contribution in [2.75, 3.05) is 7.11 Å². The molecule has 0 aliphatic heterocycles. The normalized spacial score (nSPS) is 10.4. The second kappa shape index (κ2) is 6.92. The van der Waals surface area contributed by atoms with Crippen LogP contribution in [0.1, 0.15) is 29.0 Å². The van der Waals surface area contributed by atoms with Crippen molar-refractivity contribution in [2.24, 2.45) is 0 Å². The average molecular weight is 288 g/mol. The standard InChI is InChI=1S/C16H20N2O3/c1-11-15(12(2)21-18-11)10-17-16(19)9-6-13-4-7-14(20-3)8-5-13/h4-5,7-8H,6,9-10H2,1-3H3,(H,17,19). The van der Waals surface area contributed by atoms with Crippen LogP contribution in [0.4, 0.5) is 0 Å². The van der Waals surface area contributed by atoms with Crippen LogP contribution in [0.15, 0.2) is 28.8 Å². The molecule has 1 aromatic carbocycles. The third kappa shape index (κ3) is 4.08. The van der Waals surface area contributed by atoms with Gasteiger partial charge in [0.1, 0.15) is 11.5 Å². The van der Waals surface area contributed by atoms with Gasteiger partial charge in [0.05, 0.1) is 12.8 Å². The van der Waals surface area contributed by atoms with E-state index in [1.54, 1.807) is 7.11 Å². The molecule has 1 aromatic heterocycles. The SMILES string of the molecule is COc1ccc(CCC(=O)NCc2c(C)noc2C)cc1. The lowest BCUT2D eigenvalue weighted by Crippen LogP contribution is -2.23. The first-order chi connectivity index (χ1) is 10.1. The molecule has 0 bridgehead atoms. The van der Waals surface area contributed by atoms with Crippen LogP contribution in [-0.4, -0.2) is 18.2 Å². The quantitative estimate of drug-likeness (QED) is 0.887. The zero-order valence-electron chi connectivity index (χ0n) is 12.6. The maximum atomic E-state index is 11.9. The highest BCUT2D eigenvalue weighted by Gasteiger charge is 2.10. The zero-order chi connectivity index (χ0) is 15.2. The number of hydrogen-bond acceptors (Lipinski definition) is 4. The number of aromatic nitrogens is 1. The largest absolute Gasteiger partial charge is 0.497 e. The smallest absolute Gasteiger partial charge is 0.220 e. The second-order valence-corrected chi connectivity index (χ2v) is 4.93. The number of methoxy groups -OCH3 is 1. The number of nitrogens with zero attached hydrogens (tertiary/aromatic N) is 1. The van der Waals surface area contributed by atoms with Gasteiger partial charge < -0.3 is 14.6 Å². The molecule has 1 N–H and O–H groups in total. The monoisotopic (exact) mass is 288 g/mol. The van der Waals surface area contributed by atoms with Crippen molar-refractivity contribution < 1.29 is 14.1 Å². The number of carbonyl (C=O) groups is 1. The van der Waals surface area contributed by atoms with Gasteiger partial charge >= 0.3 is 0 Å². The summed E-state index contributed by atoms with van der Waals surface area (Å²) in [6, 6.07) is 7.75. The number of nitrogens with one attached hydrogen (secondary N) is 1. The first kappa shape index (κ1) is 15.1. The minimum Gasteiger partial charge on any atom is -0.497 e. The van der Waals surface area contributed by atoms with Crippen LogP contribution in [0.25, 0.3) is 0 Å². The molecule has 5 heteroatoms. The Bertz CT molecular complexity index is 583. The molecule has 0 spiro atoms. The lowest BCUT2D eigenvalue weighted by molar-refractivity contribution is -0.121. The molecule has 5 nitrogen and oxygen atoms in total. The Balaban J connectivity index is 1.79. The summed E-state index contributed by atoms with van der Waals surface area (Å²) in [7, 11) is 1.64. The number of amides is 1. The molecule has 0 fully saturated rings. The van der Waals surface area contributed by atoms with E-state index in [1.165, 1.54) is 0 Å². The third-order valence-corrected chi connectivity index (χ3v) is 3.44. The van der Waals surface area contributed by atoms with Gasteiger partial charge in [-0.2, -0.15) is 0 Å². The van der Waals surface area contributed by atoms with Gasteiger partial charge in [0.2, 0.25) is 5.91 Å². The van der Waals surface area contributed by atoms with Crippen molar-refractivity contribution in [3.05, 3.63) is 46.8 Å². The minimum atomic E-state index is 0.0193. The summed E-state index contributed by atoms with van der Waals surface area (Å²) in [5, 5.41) is 6.76. The highest BCUT2D eigenvalue weighted by Crippen LogP contribution is 2.13. The van der Waals surface area contributed by atoms with E-state index in [0.29, 0.717) is 19.4 Å². The lowest BCUT2D eigenvalue weighted by Gasteiger charge is -2.06. The Morgan fingerprint density at radius 1 is 1.29 bits per heavy atom. The lowest BCUT2D eigenvalue weighted by atomic mass is 10.1. The average Bonchev–Trinajstić information content (AvgIpc) is 2.82. The Morgan fingerprint density at radius 2 is 2.00 bits per heavy atom. The number of ether oxygens (including phenoxy) is 1. The molecule has 0 atom stereocenters. The number of aryl methyl sites for hydroxylation is 3. The van der Waals surface area contributed by atoms with E-state index in [1.807, 2.05) is 38.1 Å². The number of rotatable bonds is 6. The maximum absolute atomic E-state index is 11.9. The van der Waals surface area contributed by atoms with E-state index in [9.17, 15) is 4.79 Å². The fourth-order valence-electron chi connectivity index (χ4n) is 2.08. The van der Waals surface area contributed by atoms with Crippen LogP contribution in [0.5, 0.6) is 5.75 Å². The van der Waals surface area contributed by atoms with Gasteiger partial charge in [0.25, 0.3) is 0 Å². The third-order valence-electron chi connectivity index (χ3n) is 3.44. The van der Waals surface area contributed by atoms with E-state index in [2.05, 4.69) is 10.5 Å². The van der Waals surface area contributed by atoms with E-state index in [-0.39, 0.29) is 5.91 Å². The molecule has 21 heavy (non-hydrogen) atoms. The van der Waals surface area contributed by atoms with Crippen molar-refractivity contribution in [3.63, 3.8) is 0 Å². The summed E-state index contributed by atoms with van der Waals surface area (Å²) in [4.78, 5) is 11.9. The molecule has 0 aliphatic rings. The summed E-state index contributed by atoms with van der Waals surface area (Å²) in [5.41, 5.74) is 2.89. The first-order valence-electron chi connectivity index (χ1n) is 6.91. The highest BCUT2D eigenvalue weighted by atomic mass is 16.5. The van der Waals surface area contributed by atoms with Crippen molar-refractivity contribution in [2.45, 2.75) is 33.2 Å². The number of hydrogen-bond donors (Lipinski definition) is 1. The van der Waals surface area contributed by atoms with Gasteiger partial charge in [-0.15, -0.1) is 0 Å². The van der Waals surface area contributed by atoms with Gasteiger partial charge in [-0.05, 0) is 38.0 Å². The molecule has 2 aromatic rings. The van der Waals surface area contributed by atoms with Crippen molar-refractivity contribution in [1.82, 2.24) is 10.5 Å². The van der Waals surface area contributed by atoms with Crippen molar-refractivity contribution >= 4 is 5.91 Å². The molecule has 0 saturated carbocycles. The summed E-state index contributed by atoms with van der Waals surface area (Å²) in [5.74, 6) is 1.59. The molecule has 0 saturated heterocycles. The minimum absolute atomic E-state index is 0.0193. The summed E-state index contributed by atoms with van der Waals surface area (Å²) >= 11 is 0. The van der Waals surface area contributed by atoms with Gasteiger partial charge in [-0.25, -0.2) is 0 Å². The molecule has 0 unspecified atom stereocenters. The highest BCUT2D eigenvalue weighted by molar-refractivity contribution is 5.76. The molecular weight excluding hydrogens is 268 g/mol. The summed E-state index contributed by atoms with van der Waals surface area (Å²) in [6.45, 7) is 4.18. The predicted molar refractivity (Wildman–Crippen MR) is 79.1 cm³/mol. The van der Waals surface area contributed by atoms with Gasteiger partial charge in [0, 0.05) is 18.5 Å². The van der Waals surface area contributed by atoms with Gasteiger partial charge in [0.15, 0.2) is 0 Å². The van der Waals surface area contributed by atoms with Crippen LogP contribution >= 0.6 is 0 Å². The topological polar surface area (TPSA) is 64.4 Å². The molecule has 0 aliphatic carbocycles. The van der Waals surface area contributed by atoms with Crippen LogP contribution in [0.3, 0.4) is 0 Å². The Labute approximate surface area is 124 Å². The Morgan fingerprint density at radius 3 is 2.57 bits per heavy atom. The van der Waals surface area contributed by atoms with Crippen molar-refractivity contribution in [1.29, 1.82) is 0 Å². The van der Waals surface area contributed by atoms with Crippen LogP contribution in [0, 0.1) is 13.8 Å². The summed E-state index contributed by atoms with van der Waals surface area (Å²) in [6.07, 6.45) is 1.16. The molecular formula is C16H20N2O3. The second-order valence-electron chi connectivity index (χ2n) is 4.93. The molecule has 1 heterocycles. The van der Waals surface area contributed by atoms with E-state index in [0.717, 1.165) is 28.3 Å². The first-order valence-corrected chi connectivity index (χ1v) is 6.91. The fourth-order valence-corrected chi connectivity index (χ4v) is 2.08. The Kier molecular flexibility index (Phi) is 4.98. The number of benzene rings is 1. The van der Waals surface area contributed by atoms with E-state index >= 15 is 0 Å². The number of carbonyl (C=O) groups excluding carboxylic acids is 1. The van der Waals surface area contributed by atoms with Gasteiger partial charge in [-0.3, -0.25) is 4.79 Å². The fraction of sp³-hybridized carbons (Fsp3) is 0.375. The molecule has 1 amide bonds. The van der Waals surface area contributed by atoms with Crippen LogP contribution in [-0.2, 0) is 17.8 Å². The Hall–Kier alpha value is -2.30. The van der Waals surface area contributed by atoms with Crippen molar-refractivity contribution in [3.8, 4) is 5.75 Å². The maximum Gasteiger partial charge on any atom is 0.220 e. The van der Waals surface area contributed by atoms with E-state index < -0.39 is 0 Å².